The minimum Gasteiger partial charge on any atom is -0.353 e. The summed E-state index contributed by atoms with van der Waals surface area (Å²) in [6, 6.07) is 8.22. The Morgan fingerprint density at radius 1 is 1.00 bits per heavy atom. The minimum atomic E-state index is 0.0129. The molecule has 26 heavy (non-hydrogen) atoms. The van der Waals surface area contributed by atoms with E-state index in [0.29, 0.717) is 12.6 Å². The van der Waals surface area contributed by atoms with Gasteiger partial charge < -0.3 is 10.6 Å². The molecule has 0 unspecified atom stereocenters. The summed E-state index contributed by atoms with van der Waals surface area (Å²) in [7, 11) is 0. The van der Waals surface area contributed by atoms with Gasteiger partial charge in [0.1, 0.15) is 0 Å². The fourth-order valence-corrected chi connectivity index (χ4v) is 3.96. The number of carbonyl (C=O) groups is 2. The molecule has 1 heterocycles. The quantitative estimate of drug-likeness (QED) is 0.851. The van der Waals surface area contributed by atoms with Gasteiger partial charge in [0.05, 0.1) is 6.54 Å². The van der Waals surface area contributed by atoms with E-state index in [2.05, 4.69) is 15.5 Å². The van der Waals surface area contributed by atoms with E-state index in [9.17, 15) is 9.59 Å². The van der Waals surface area contributed by atoms with Crippen LogP contribution in [0.1, 0.15) is 50.5 Å². The number of anilines is 1. The molecule has 5 heteroatoms. The van der Waals surface area contributed by atoms with Crippen LogP contribution in [-0.2, 0) is 9.59 Å². The third kappa shape index (κ3) is 5.56. The number of nitrogens with one attached hydrogen (secondary N) is 2. The number of benzene rings is 1. The number of piperidine rings is 1. The average molecular weight is 357 g/mol. The Morgan fingerprint density at radius 2 is 1.65 bits per heavy atom. The van der Waals surface area contributed by atoms with Crippen LogP contribution >= 0.6 is 0 Å². The van der Waals surface area contributed by atoms with Gasteiger partial charge in [-0.1, -0.05) is 37.0 Å². The molecule has 0 atom stereocenters. The van der Waals surface area contributed by atoms with E-state index in [-0.39, 0.29) is 17.7 Å². The Hall–Kier alpha value is -1.88. The van der Waals surface area contributed by atoms with E-state index in [1.807, 2.05) is 31.2 Å². The third-order valence-corrected chi connectivity index (χ3v) is 5.61. The van der Waals surface area contributed by atoms with Gasteiger partial charge >= 0.3 is 0 Å². The first-order valence-corrected chi connectivity index (χ1v) is 9.99. The Labute approximate surface area is 156 Å². The van der Waals surface area contributed by atoms with Crippen LogP contribution in [0.2, 0.25) is 0 Å². The van der Waals surface area contributed by atoms with E-state index < -0.39 is 0 Å². The molecular formula is C21H31N3O2. The molecule has 142 valence electrons. The number of likely N-dealkylation sites (tertiary alicyclic amines) is 1. The highest BCUT2D eigenvalue weighted by atomic mass is 16.2. The topological polar surface area (TPSA) is 61.4 Å². The smallest absolute Gasteiger partial charge is 0.238 e. The third-order valence-electron chi connectivity index (χ3n) is 5.61. The summed E-state index contributed by atoms with van der Waals surface area (Å²) in [4.78, 5) is 26.8. The lowest BCUT2D eigenvalue weighted by atomic mass is 9.92. The first-order valence-electron chi connectivity index (χ1n) is 9.99. The normalized spacial score (nSPS) is 19.9. The van der Waals surface area contributed by atoms with Crippen LogP contribution in [-0.4, -0.2) is 42.4 Å². The van der Waals surface area contributed by atoms with Gasteiger partial charge in [0.15, 0.2) is 0 Å². The summed E-state index contributed by atoms with van der Waals surface area (Å²) in [6.45, 7) is 4.04. The van der Waals surface area contributed by atoms with Gasteiger partial charge in [0, 0.05) is 17.6 Å². The van der Waals surface area contributed by atoms with Crippen molar-refractivity contribution >= 4 is 17.5 Å². The maximum Gasteiger partial charge on any atom is 0.238 e. The van der Waals surface area contributed by atoms with Crippen molar-refractivity contribution in [1.82, 2.24) is 10.2 Å². The van der Waals surface area contributed by atoms with Gasteiger partial charge in [-0.2, -0.15) is 0 Å². The first kappa shape index (κ1) is 18.9. The van der Waals surface area contributed by atoms with Crippen LogP contribution in [0.5, 0.6) is 0 Å². The van der Waals surface area contributed by atoms with Crippen molar-refractivity contribution in [3.05, 3.63) is 29.8 Å². The van der Waals surface area contributed by atoms with Crippen molar-refractivity contribution < 1.29 is 9.59 Å². The zero-order valence-corrected chi connectivity index (χ0v) is 15.8. The lowest BCUT2D eigenvalue weighted by Gasteiger charge is -2.32. The van der Waals surface area contributed by atoms with Gasteiger partial charge in [0.25, 0.3) is 0 Å². The summed E-state index contributed by atoms with van der Waals surface area (Å²) in [5.74, 6) is 0.341. The highest BCUT2D eigenvalue weighted by molar-refractivity contribution is 5.92. The van der Waals surface area contributed by atoms with Gasteiger partial charge in [-0.3, -0.25) is 14.5 Å². The summed E-state index contributed by atoms with van der Waals surface area (Å²) >= 11 is 0. The molecule has 2 fully saturated rings. The van der Waals surface area contributed by atoms with Crippen molar-refractivity contribution in [1.29, 1.82) is 0 Å². The van der Waals surface area contributed by atoms with E-state index in [1.54, 1.807) is 0 Å². The fraction of sp³-hybridized carbons (Fsp3) is 0.619. The monoisotopic (exact) mass is 357 g/mol. The Kier molecular flexibility index (Phi) is 6.67. The highest BCUT2D eigenvalue weighted by Gasteiger charge is 2.27. The van der Waals surface area contributed by atoms with E-state index in [1.165, 1.54) is 24.8 Å². The second-order valence-corrected chi connectivity index (χ2v) is 7.81. The van der Waals surface area contributed by atoms with Gasteiger partial charge in [-0.25, -0.2) is 0 Å². The molecule has 3 rings (SSSR count). The van der Waals surface area contributed by atoms with Gasteiger partial charge in [0.2, 0.25) is 11.8 Å². The minimum absolute atomic E-state index is 0.0129. The van der Waals surface area contributed by atoms with Crippen LogP contribution < -0.4 is 10.6 Å². The molecule has 1 saturated heterocycles. The molecule has 0 spiro atoms. The number of carbonyl (C=O) groups excluding carboxylic acids is 2. The first-order chi connectivity index (χ1) is 12.6. The largest absolute Gasteiger partial charge is 0.353 e. The fourth-order valence-electron chi connectivity index (χ4n) is 3.96. The molecule has 0 radical (unpaired) electrons. The van der Waals surface area contributed by atoms with Crippen molar-refractivity contribution in [3.63, 3.8) is 0 Å². The SMILES string of the molecule is Cc1ccc(NC(=O)CN2CCC(C(=O)NC3CCCCC3)CC2)cc1. The number of hydrogen-bond donors (Lipinski definition) is 2. The number of hydrogen-bond acceptors (Lipinski definition) is 3. The average Bonchev–Trinajstić information content (AvgIpc) is 2.65. The van der Waals surface area contributed by atoms with Gasteiger partial charge in [-0.15, -0.1) is 0 Å². The molecule has 1 aromatic rings. The zero-order valence-electron chi connectivity index (χ0n) is 15.8. The second-order valence-electron chi connectivity index (χ2n) is 7.81. The predicted molar refractivity (Wildman–Crippen MR) is 104 cm³/mol. The van der Waals surface area contributed by atoms with Crippen molar-refractivity contribution in [2.45, 2.75) is 57.9 Å². The van der Waals surface area contributed by atoms with Crippen LogP contribution in [0, 0.1) is 12.8 Å². The number of aryl methyl sites for hydroxylation is 1. The molecule has 1 saturated carbocycles. The Morgan fingerprint density at radius 3 is 2.31 bits per heavy atom. The van der Waals surface area contributed by atoms with Crippen LogP contribution in [0.25, 0.3) is 0 Å². The maximum absolute atomic E-state index is 12.5. The van der Waals surface area contributed by atoms with Crippen molar-refractivity contribution in [2.24, 2.45) is 5.92 Å². The molecule has 1 aliphatic heterocycles. The molecule has 1 aromatic carbocycles. The molecule has 1 aliphatic carbocycles. The number of nitrogens with zero attached hydrogens (tertiary/aromatic N) is 1. The lowest BCUT2D eigenvalue weighted by Crippen LogP contribution is -2.45. The maximum atomic E-state index is 12.5. The van der Waals surface area contributed by atoms with Crippen molar-refractivity contribution in [2.75, 3.05) is 25.0 Å². The molecular weight excluding hydrogens is 326 g/mol. The molecule has 0 aromatic heterocycles. The number of amides is 2. The number of rotatable bonds is 5. The van der Waals surface area contributed by atoms with Crippen LogP contribution in [0.15, 0.2) is 24.3 Å². The van der Waals surface area contributed by atoms with Gasteiger partial charge in [-0.05, 0) is 57.8 Å². The molecule has 0 bridgehead atoms. The Bertz CT molecular complexity index is 600. The Balaban J connectivity index is 1.38. The summed E-state index contributed by atoms with van der Waals surface area (Å²) in [6.07, 6.45) is 7.72. The van der Waals surface area contributed by atoms with Crippen molar-refractivity contribution in [3.8, 4) is 0 Å². The van der Waals surface area contributed by atoms with E-state index in [4.69, 9.17) is 0 Å². The van der Waals surface area contributed by atoms with E-state index in [0.717, 1.165) is 44.5 Å². The summed E-state index contributed by atoms with van der Waals surface area (Å²) < 4.78 is 0. The molecule has 2 N–H and O–H groups in total. The highest BCUT2D eigenvalue weighted by Crippen LogP contribution is 2.21. The lowest BCUT2D eigenvalue weighted by molar-refractivity contribution is -0.127. The standard InChI is InChI=1S/C21H31N3O2/c1-16-7-9-19(10-8-16)22-20(25)15-24-13-11-17(12-14-24)21(26)23-18-5-3-2-4-6-18/h7-10,17-18H,2-6,11-15H2,1H3,(H,22,25)(H,23,26). The van der Waals surface area contributed by atoms with Crippen LogP contribution in [0.4, 0.5) is 5.69 Å². The summed E-state index contributed by atoms with van der Waals surface area (Å²) in [5.41, 5.74) is 2.01. The zero-order chi connectivity index (χ0) is 18.4. The predicted octanol–water partition coefficient (Wildman–Crippen LogP) is 3.09. The molecule has 2 aliphatic rings. The summed E-state index contributed by atoms with van der Waals surface area (Å²) in [5, 5.41) is 6.19. The molecule has 2 amide bonds. The second kappa shape index (κ2) is 9.17. The van der Waals surface area contributed by atoms with E-state index >= 15 is 0 Å². The van der Waals surface area contributed by atoms with Crippen LogP contribution in [0.3, 0.4) is 0 Å². The molecule has 5 nitrogen and oxygen atoms in total.